The minimum absolute atomic E-state index is 0.348. The topological polar surface area (TPSA) is 18.5 Å². The molecule has 0 fully saturated rings. The van der Waals surface area contributed by atoms with Crippen molar-refractivity contribution in [3.8, 4) is 0 Å². The highest BCUT2D eigenvalue weighted by molar-refractivity contribution is 6.84. The lowest BCUT2D eigenvalue weighted by atomic mass is 10.3. The molecule has 0 aliphatic heterocycles. The highest BCUT2D eigenvalue weighted by Crippen LogP contribution is 2.26. The molecule has 0 spiro atoms. The standard InChI is InChI=1S/C12H32O2Si3/c1-8-9-10-11-15-13-17(6,7)14-16(4,5)12(2)3/h12H,8-11,15H2,1-7H3. The Bertz CT molecular complexity index is 206. The van der Waals surface area contributed by atoms with E-state index in [2.05, 4.69) is 47.0 Å². The quantitative estimate of drug-likeness (QED) is 0.472. The van der Waals surface area contributed by atoms with E-state index < -0.39 is 16.9 Å². The maximum Gasteiger partial charge on any atom is 0.310 e. The molecule has 5 heteroatoms. The number of unbranched alkanes of at least 4 members (excludes halogenated alkanes) is 2. The van der Waals surface area contributed by atoms with E-state index in [1.165, 1.54) is 25.3 Å². The van der Waals surface area contributed by atoms with Crippen LogP contribution in [0.25, 0.3) is 0 Å². The normalized spacial score (nSPS) is 14.1. The molecule has 17 heavy (non-hydrogen) atoms. The zero-order valence-electron chi connectivity index (χ0n) is 12.9. The van der Waals surface area contributed by atoms with Gasteiger partial charge in [-0.1, -0.05) is 40.0 Å². The molecule has 104 valence electrons. The lowest BCUT2D eigenvalue weighted by Gasteiger charge is -2.36. The molecule has 0 aromatic carbocycles. The monoisotopic (exact) mass is 292 g/mol. The van der Waals surface area contributed by atoms with E-state index in [0.717, 1.165) is 0 Å². The van der Waals surface area contributed by atoms with Crippen LogP contribution in [0.1, 0.15) is 40.0 Å². The second kappa shape index (κ2) is 7.89. The van der Waals surface area contributed by atoms with Crippen molar-refractivity contribution in [3.63, 3.8) is 0 Å². The molecule has 0 aliphatic carbocycles. The van der Waals surface area contributed by atoms with E-state index in [4.69, 9.17) is 8.23 Å². The molecule has 0 unspecified atom stereocenters. The zero-order valence-corrected chi connectivity index (χ0v) is 16.3. The molecule has 0 saturated carbocycles. The molecule has 2 nitrogen and oxygen atoms in total. The zero-order chi connectivity index (χ0) is 13.5. The van der Waals surface area contributed by atoms with Crippen LogP contribution in [0.2, 0.25) is 37.8 Å². The van der Waals surface area contributed by atoms with Crippen LogP contribution in [0.5, 0.6) is 0 Å². The van der Waals surface area contributed by atoms with Gasteiger partial charge < -0.3 is 8.23 Å². The Morgan fingerprint density at radius 2 is 1.65 bits per heavy atom. The van der Waals surface area contributed by atoms with E-state index in [0.29, 0.717) is 5.54 Å². The van der Waals surface area contributed by atoms with Crippen LogP contribution in [0.4, 0.5) is 0 Å². The molecule has 0 saturated heterocycles. The van der Waals surface area contributed by atoms with Crippen molar-refractivity contribution in [2.24, 2.45) is 0 Å². The molecule has 0 amide bonds. The summed E-state index contributed by atoms with van der Waals surface area (Å²) in [6.45, 7) is 15.9. The average Bonchev–Trinajstić information content (AvgIpc) is 2.15. The molecule has 0 N–H and O–H groups in total. The Kier molecular flexibility index (Phi) is 8.15. The summed E-state index contributed by atoms with van der Waals surface area (Å²) < 4.78 is 12.5. The van der Waals surface area contributed by atoms with Gasteiger partial charge in [0.15, 0.2) is 8.32 Å². The van der Waals surface area contributed by atoms with Crippen LogP contribution >= 0.6 is 0 Å². The van der Waals surface area contributed by atoms with E-state index in [1.54, 1.807) is 0 Å². The maximum absolute atomic E-state index is 6.38. The minimum Gasteiger partial charge on any atom is -0.442 e. The Morgan fingerprint density at radius 1 is 1.06 bits per heavy atom. The molecule has 0 aliphatic rings. The second-order valence-corrected chi connectivity index (χ2v) is 16.4. The van der Waals surface area contributed by atoms with Crippen molar-refractivity contribution in [2.75, 3.05) is 0 Å². The van der Waals surface area contributed by atoms with Gasteiger partial charge in [-0.15, -0.1) is 0 Å². The molecule has 0 aromatic heterocycles. The lowest BCUT2D eigenvalue weighted by Crippen LogP contribution is -2.48. The largest absolute Gasteiger partial charge is 0.442 e. The summed E-state index contributed by atoms with van der Waals surface area (Å²) in [5.74, 6) is 0. The SMILES string of the molecule is CCCCC[SiH2]O[Si](C)(C)O[Si](C)(C)C(C)C. The summed E-state index contributed by atoms with van der Waals surface area (Å²) in [4.78, 5) is 0. The van der Waals surface area contributed by atoms with Crippen molar-refractivity contribution >= 4 is 26.6 Å². The fourth-order valence-electron chi connectivity index (χ4n) is 1.63. The predicted octanol–water partition coefficient (Wildman–Crippen LogP) is 4.03. The maximum atomic E-state index is 6.38. The summed E-state index contributed by atoms with van der Waals surface area (Å²) in [5.41, 5.74) is 0.666. The summed E-state index contributed by atoms with van der Waals surface area (Å²) in [7, 11) is -3.72. The fraction of sp³-hybridized carbons (Fsp3) is 1.00. The minimum atomic E-state index is -1.84. The summed E-state index contributed by atoms with van der Waals surface area (Å²) in [6.07, 6.45) is 4.00. The molecule has 0 rings (SSSR count). The molecular weight excluding hydrogens is 260 g/mol. The van der Waals surface area contributed by atoms with Gasteiger partial charge in [0.2, 0.25) is 0 Å². The van der Waals surface area contributed by atoms with Gasteiger partial charge in [0.1, 0.15) is 9.76 Å². The second-order valence-electron chi connectivity index (χ2n) is 6.17. The Balaban J connectivity index is 3.95. The van der Waals surface area contributed by atoms with Crippen molar-refractivity contribution in [2.45, 2.75) is 77.8 Å². The van der Waals surface area contributed by atoms with Gasteiger partial charge in [0.05, 0.1) is 0 Å². The molecule has 0 atom stereocenters. The summed E-state index contributed by atoms with van der Waals surface area (Å²) in [6, 6.07) is 1.32. The number of hydrogen-bond acceptors (Lipinski definition) is 2. The first-order valence-electron chi connectivity index (χ1n) is 7.05. The van der Waals surface area contributed by atoms with Gasteiger partial charge >= 0.3 is 8.56 Å². The predicted molar refractivity (Wildman–Crippen MR) is 85.1 cm³/mol. The van der Waals surface area contributed by atoms with E-state index >= 15 is 0 Å². The molecule has 0 radical (unpaired) electrons. The third-order valence-electron chi connectivity index (χ3n) is 3.35. The van der Waals surface area contributed by atoms with Crippen molar-refractivity contribution in [3.05, 3.63) is 0 Å². The van der Waals surface area contributed by atoms with Gasteiger partial charge in [-0.3, -0.25) is 0 Å². The van der Waals surface area contributed by atoms with E-state index in [1.807, 2.05) is 0 Å². The first kappa shape index (κ1) is 17.6. The van der Waals surface area contributed by atoms with Crippen LogP contribution in [0.15, 0.2) is 0 Å². The van der Waals surface area contributed by atoms with Gasteiger partial charge in [-0.2, -0.15) is 0 Å². The third-order valence-corrected chi connectivity index (χ3v) is 14.6. The van der Waals surface area contributed by atoms with Gasteiger partial charge in [-0.05, 0) is 37.8 Å². The first-order valence-corrected chi connectivity index (χ1v) is 14.4. The highest BCUT2D eigenvalue weighted by Gasteiger charge is 2.36. The first-order chi connectivity index (χ1) is 7.71. The van der Waals surface area contributed by atoms with Crippen molar-refractivity contribution in [1.29, 1.82) is 0 Å². The van der Waals surface area contributed by atoms with Crippen molar-refractivity contribution < 1.29 is 8.23 Å². The molecular formula is C12H32O2Si3. The number of hydrogen-bond donors (Lipinski definition) is 0. The Labute approximate surface area is 113 Å². The van der Waals surface area contributed by atoms with Crippen LogP contribution in [0.3, 0.4) is 0 Å². The van der Waals surface area contributed by atoms with Crippen molar-refractivity contribution in [1.82, 2.24) is 0 Å². The number of rotatable bonds is 9. The van der Waals surface area contributed by atoms with E-state index in [9.17, 15) is 0 Å². The smallest absolute Gasteiger partial charge is 0.310 e. The average molecular weight is 293 g/mol. The van der Waals surface area contributed by atoms with Gasteiger partial charge in [0, 0.05) is 0 Å². The Hall–Kier alpha value is 0.571. The van der Waals surface area contributed by atoms with Crippen LogP contribution in [-0.4, -0.2) is 26.6 Å². The van der Waals surface area contributed by atoms with E-state index in [-0.39, 0.29) is 9.76 Å². The summed E-state index contributed by atoms with van der Waals surface area (Å²) in [5, 5.41) is 0. The highest BCUT2D eigenvalue weighted by atomic mass is 28.5. The van der Waals surface area contributed by atoms with Crippen LogP contribution in [-0.2, 0) is 8.23 Å². The Morgan fingerprint density at radius 3 is 2.12 bits per heavy atom. The van der Waals surface area contributed by atoms with Gasteiger partial charge in [-0.25, -0.2) is 0 Å². The van der Waals surface area contributed by atoms with Gasteiger partial charge in [0.25, 0.3) is 0 Å². The fourth-order valence-corrected chi connectivity index (χ4v) is 11.5. The van der Waals surface area contributed by atoms with Crippen LogP contribution < -0.4 is 0 Å². The molecule has 0 bridgehead atoms. The van der Waals surface area contributed by atoms with Crippen LogP contribution in [0, 0.1) is 0 Å². The molecule has 0 heterocycles. The lowest BCUT2D eigenvalue weighted by molar-refractivity contribution is 0.400. The molecule has 0 aromatic rings. The summed E-state index contributed by atoms with van der Waals surface area (Å²) >= 11 is 0. The third kappa shape index (κ3) is 8.31.